The maximum absolute atomic E-state index is 14.9. The van der Waals surface area contributed by atoms with E-state index in [-0.39, 0.29) is 5.60 Å². The van der Waals surface area contributed by atoms with E-state index < -0.39 is 12.8 Å². The molecule has 4 aliphatic carbocycles. The fourth-order valence-electron chi connectivity index (χ4n) is 8.43. The van der Waals surface area contributed by atoms with Crippen molar-refractivity contribution in [1.82, 2.24) is 0 Å². The lowest BCUT2D eigenvalue weighted by Crippen LogP contribution is -2.54. The molecule has 1 unspecified atom stereocenters. The molecule has 4 heteroatoms. The second-order valence-corrected chi connectivity index (χ2v) is 13.6. The third-order valence-electron chi connectivity index (χ3n) is 9.99. The Hall–Kier alpha value is 0.150. The van der Waals surface area contributed by atoms with Gasteiger partial charge in [-0.15, -0.1) is 0 Å². The molecule has 0 bridgehead atoms. The first-order valence-corrected chi connectivity index (χ1v) is 15.7. The van der Waals surface area contributed by atoms with Crippen LogP contribution >= 0.6 is 7.60 Å². The maximum atomic E-state index is 14.9. The molecule has 0 aromatic carbocycles. The van der Waals surface area contributed by atoms with Gasteiger partial charge in [-0.2, -0.15) is 0 Å². The van der Waals surface area contributed by atoms with E-state index in [1.54, 1.807) is 0 Å². The SMILES string of the molecule is CCC1(OP(=O)(O)C(C2CCCCC2)(C2CCCCC2)C2CCCCC2)CCCCC1. The van der Waals surface area contributed by atoms with Crippen LogP contribution in [0.5, 0.6) is 0 Å². The van der Waals surface area contributed by atoms with E-state index in [1.807, 2.05) is 0 Å². The molecule has 4 aliphatic rings. The van der Waals surface area contributed by atoms with E-state index in [0.717, 1.165) is 70.6 Å². The van der Waals surface area contributed by atoms with Crippen LogP contribution in [0, 0.1) is 17.8 Å². The van der Waals surface area contributed by atoms with E-state index in [4.69, 9.17) is 4.52 Å². The molecule has 0 saturated heterocycles. The van der Waals surface area contributed by atoms with Crippen molar-refractivity contribution in [2.75, 3.05) is 0 Å². The summed E-state index contributed by atoms with van der Waals surface area (Å²) in [5.41, 5.74) is -0.355. The number of hydrogen-bond donors (Lipinski definition) is 1. The van der Waals surface area contributed by atoms with Gasteiger partial charge in [-0.3, -0.25) is 4.57 Å². The second-order valence-electron chi connectivity index (χ2n) is 11.6. The molecule has 4 fully saturated rings. The summed E-state index contributed by atoms with van der Waals surface area (Å²) in [6.07, 6.45) is 24.7. The average molecular weight is 453 g/mol. The Labute approximate surface area is 192 Å². The first-order chi connectivity index (χ1) is 15.0. The van der Waals surface area contributed by atoms with Crippen molar-refractivity contribution in [2.24, 2.45) is 17.8 Å². The largest absolute Gasteiger partial charge is 0.335 e. The molecule has 0 aliphatic heterocycles. The molecule has 4 saturated carbocycles. The summed E-state index contributed by atoms with van der Waals surface area (Å²) in [7, 11) is -3.79. The summed E-state index contributed by atoms with van der Waals surface area (Å²) in [6.45, 7) is 2.19. The molecule has 0 heterocycles. The lowest BCUT2D eigenvalue weighted by atomic mass is 9.61. The zero-order chi connectivity index (χ0) is 21.8. The quantitative estimate of drug-likeness (QED) is 0.393. The van der Waals surface area contributed by atoms with Crippen LogP contribution in [0.15, 0.2) is 0 Å². The molecule has 0 spiro atoms. The van der Waals surface area contributed by atoms with Gasteiger partial charge in [-0.25, -0.2) is 0 Å². The molecular weight excluding hydrogens is 403 g/mol. The van der Waals surface area contributed by atoms with Gasteiger partial charge in [0.15, 0.2) is 0 Å². The average Bonchev–Trinajstić information content (AvgIpc) is 2.82. The highest BCUT2D eigenvalue weighted by molar-refractivity contribution is 7.54. The van der Waals surface area contributed by atoms with Crippen molar-refractivity contribution in [1.29, 1.82) is 0 Å². The van der Waals surface area contributed by atoms with E-state index in [0.29, 0.717) is 17.8 Å². The van der Waals surface area contributed by atoms with Crippen molar-refractivity contribution >= 4 is 7.60 Å². The molecule has 31 heavy (non-hydrogen) atoms. The Bertz CT molecular complexity index is 548. The fraction of sp³-hybridized carbons (Fsp3) is 1.00. The maximum Gasteiger partial charge on any atom is 0.335 e. The Morgan fingerprint density at radius 2 is 1.06 bits per heavy atom. The zero-order valence-electron chi connectivity index (χ0n) is 20.3. The van der Waals surface area contributed by atoms with Crippen molar-refractivity contribution in [3.8, 4) is 0 Å². The molecule has 3 nitrogen and oxygen atoms in total. The minimum absolute atomic E-state index is 0.355. The lowest BCUT2D eigenvalue weighted by Gasteiger charge is -2.56. The fourth-order valence-corrected chi connectivity index (χ4v) is 11.6. The van der Waals surface area contributed by atoms with Crippen LogP contribution in [0.4, 0.5) is 0 Å². The summed E-state index contributed by atoms with van der Waals surface area (Å²) in [4.78, 5) is 12.3. The predicted molar refractivity (Wildman–Crippen MR) is 129 cm³/mol. The molecule has 4 rings (SSSR count). The van der Waals surface area contributed by atoms with Crippen molar-refractivity contribution in [3.63, 3.8) is 0 Å². The molecule has 0 aromatic rings. The minimum atomic E-state index is -3.79. The van der Waals surface area contributed by atoms with E-state index in [2.05, 4.69) is 6.92 Å². The smallest absolute Gasteiger partial charge is 0.324 e. The highest BCUT2D eigenvalue weighted by atomic mass is 31.2. The van der Waals surface area contributed by atoms with Gasteiger partial charge in [0.1, 0.15) is 0 Å². The van der Waals surface area contributed by atoms with Crippen LogP contribution in [0.2, 0.25) is 0 Å². The first-order valence-electron chi connectivity index (χ1n) is 14.1. The summed E-state index contributed by atoms with van der Waals surface area (Å²) < 4.78 is 21.7. The molecule has 1 N–H and O–H groups in total. The van der Waals surface area contributed by atoms with E-state index in [9.17, 15) is 9.46 Å². The summed E-state index contributed by atoms with van der Waals surface area (Å²) in [5, 5.41) is -0.478. The van der Waals surface area contributed by atoms with E-state index in [1.165, 1.54) is 64.2 Å². The van der Waals surface area contributed by atoms with Crippen molar-refractivity contribution in [3.05, 3.63) is 0 Å². The van der Waals surface area contributed by atoms with Crippen LogP contribution in [-0.4, -0.2) is 15.7 Å². The third kappa shape index (κ3) is 4.85. The van der Waals surface area contributed by atoms with Gasteiger partial charge in [-0.05, 0) is 75.5 Å². The van der Waals surface area contributed by atoms with Crippen molar-refractivity contribution < 1.29 is 14.0 Å². The summed E-state index contributed by atoms with van der Waals surface area (Å²) in [6, 6.07) is 0. The van der Waals surface area contributed by atoms with Crippen LogP contribution in [-0.2, 0) is 9.09 Å². The van der Waals surface area contributed by atoms with E-state index >= 15 is 0 Å². The normalized spacial score (nSPS) is 29.5. The first kappa shape index (κ1) is 24.3. The Morgan fingerprint density at radius 3 is 1.42 bits per heavy atom. The molecule has 0 aromatic heterocycles. The van der Waals surface area contributed by atoms with Gasteiger partial charge in [0.05, 0.1) is 10.8 Å². The van der Waals surface area contributed by atoms with Gasteiger partial charge in [0.2, 0.25) is 0 Å². The van der Waals surface area contributed by atoms with Gasteiger partial charge < -0.3 is 9.42 Å². The van der Waals surface area contributed by atoms with Gasteiger partial charge in [0.25, 0.3) is 0 Å². The highest BCUT2D eigenvalue weighted by Crippen LogP contribution is 2.72. The topological polar surface area (TPSA) is 46.5 Å². The highest BCUT2D eigenvalue weighted by Gasteiger charge is 2.63. The summed E-state index contributed by atoms with van der Waals surface area (Å²) in [5.74, 6) is 1.17. The Kier molecular flexibility index (Phi) is 8.31. The lowest BCUT2D eigenvalue weighted by molar-refractivity contribution is -0.0120. The van der Waals surface area contributed by atoms with Gasteiger partial charge in [0, 0.05) is 0 Å². The standard InChI is InChI=1S/C27H49O3P/c1-2-26(21-13-6-14-22-26)30-31(28,29)27(23-15-7-3-8-16-23,24-17-9-4-10-18-24)25-19-11-5-12-20-25/h23-25H,2-22H2,1H3,(H,28,29). The number of hydrogen-bond acceptors (Lipinski definition) is 2. The number of rotatable bonds is 7. The monoisotopic (exact) mass is 452 g/mol. The second kappa shape index (κ2) is 10.6. The molecular formula is C27H49O3P. The molecule has 0 amide bonds. The van der Waals surface area contributed by atoms with Crippen LogP contribution in [0.3, 0.4) is 0 Å². The van der Waals surface area contributed by atoms with Gasteiger partial charge >= 0.3 is 7.60 Å². The Balaban J connectivity index is 1.77. The summed E-state index contributed by atoms with van der Waals surface area (Å²) >= 11 is 0. The van der Waals surface area contributed by atoms with Crippen LogP contribution < -0.4 is 0 Å². The Morgan fingerprint density at radius 1 is 0.710 bits per heavy atom. The zero-order valence-corrected chi connectivity index (χ0v) is 21.2. The molecule has 1 atom stereocenters. The van der Waals surface area contributed by atoms with Crippen LogP contribution in [0.1, 0.15) is 142 Å². The molecule has 180 valence electrons. The van der Waals surface area contributed by atoms with Crippen LogP contribution in [0.25, 0.3) is 0 Å². The molecule has 0 radical (unpaired) electrons. The predicted octanol–water partition coefficient (Wildman–Crippen LogP) is 8.78. The van der Waals surface area contributed by atoms with Crippen molar-refractivity contribution in [2.45, 2.75) is 153 Å². The van der Waals surface area contributed by atoms with Gasteiger partial charge in [-0.1, -0.05) is 84.0 Å². The minimum Gasteiger partial charge on any atom is -0.324 e. The third-order valence-corrected chi connectivity index (χ3v) is 12.7.